The van der Waals surface area contributed by atoms with Crippen molar-refractivity contribution in [2.75, 3.05) is 30.8 Å². The average Bonchev–Trinajstić information content (AvgIpc) is 3.09. The van der Waals surface area contributed by atoms with Gasteiger partial charge in [0.25, 0.3) is 0 Å². The molecule has 2 aromatic rings. The molecule has 3 heterocycles. The van der Waals surface area contributed by atoms with E-state index in [1.807, 2.05) is 0 Å². The molecule has 10 nitrogen and oxygen atoms in total. The molecule has 4 N–H and O–H groups in total. The number of halogens is 2. The molecule has 43 heavy (non-hydrogen) atoms. The van der Waals surface area contributed by atoms with Gasteiger partial charge in [0.2, 0.25) is 15.9 Å². The number of ether oxygens (including phenoxy) is 1. The third kappa shape index (κ3) is 7.51. The molecule has 4 unspecified atom stereocenters. The van der Waals surface area contributed by atoms with Crippen LogP contribution in [0.15, 0.2) is 42.5 Å². The number of carboxylic acid groups (broad SMARTS) is 1. The van der Waals surface area contributed by atoms with E-state index in [-0.39, 0.29) is 35.5 Å². The Balaban J connectivity index is 1.39. The van der Waals surface area contributed by atoms with Gasteiger partial charge in [0.1, 0.15) is 17.7 Å². The van der Waals surface area contributed by atoms with Crippen molar-refractivity contribution in [3.8, 4) is 0 Å². The van der Waals surface area contributed by atoms with E-state index in [1.165, 1.54) is 46.8 Å². The molecule has 234 valence electrons. The number of carbonyl (C=O) groups excluding carboxylic acids is 1. The maximum atomic E-state index is 15.2. The number of carbonyl (C=O) groups is 2. The molecule has 2 bridgehead atoms. The van der Waals surface area contributed by atoms with Crippen molar-refractivity contribution in [2.45, 2.75) is 75.1 Å². The van der Waals surface area contributed by atoms with Gasteiger partial charge in [0.15, 0.2) is 0 Å². The first-order chi connectivity index (χ1) is 20.6. The monoisotopic (exact) mass is 620 g/mol. The van der Waals surface area contributed by atoms with E-state index in [1.54, 1.807) is 0 Å². The molecule has 0 spiro atoms. The SMILES string of the molecule is O=C(O)NC(C(=O)Nc1cccc(F)c1CC[C@H]1CN[C@@H]2CCCS(=O)(=O)N1C2)C(c1ccc(F)cc1)C1CCCCO1. The molecule has 2 amide bonds. The lowest BCUT2D eigenvalue weighted by atomic mass is 9.82. The van der Waals surface area contributed by atoms with E-state index in [0.29, 0.717) is 44.5 Å². The summed E-state index contributed by atoms with van der Waals surface area (Å²) in [5.41, 5.74) is 0.903. The number of nitrogens with one attached hydrogen (secondary N) is 3. The number of benzene rings is 2. The van der Waals surface area contributed by atoms with Gasteiger partial charge in [-0.1, -0.05) is 18.2 Å². The van der Waals surface area contributed by atoms with Gasteiger partial charge in [-0.25, -0.2) is 22.0 Å². The fourth-order valence-corrected chi connectivity index (χ4v) is 8.31. The first-order valence-electron chi connectivity index (χ1n) is 14.8. The van der Waals surface area contributed by atoms with Crippen LogP contribution in [0.3, 0.4) is 0 Å². The second-order valence-corrected chi connectivity index (χ2v) is 13.5. The van der Waals surface area contributed by atoms with Crippen LogP contribution in [0.25, 0.3) is 0 Å². The van der Waals surface area contributed by atoms with E-state index in [4.69, 9.17) is 4.74 Å². The Kier molecular flexibility index (Phi) is 9.95. The van der Waals surface area contributed by atoms with Gasteiger partial charge in [0.05, 0.1) is 11.9 Å². The zero-order chi connectivity index (χ0) is 30.6. The maximum absolute atomic E-state index is 15.2. The van der Waals surface area contributed by atoms with Crippen molar-refractivity contribution in [2.24, 2.45) is 0 Å². The number of anilines is 1. The Hall–Kier alpha value is -3.13. The smallest absolute Gasteiger partial charge is 0.405 e. The van der Waals surface area contributed by atoms with Crippen LogP contribution in [0.4, 0.5) is 19.3 Å². The molecule has 3 aliphatic rings. The minimum absolute atomic E-state index is 0.0839. The van der Waals surface area contributed by atoms with E-state index >= 15 is 4.39 Å². The number of sulfonamides is 1. The van der Waals surface area contributed by atoms with Gasteiger partial charge < -0.3 is 25.8 Å². The molecule has 5 rings (SSSR count). The lowest BCUT2D eigenvalue weighted by Crippen LogP contribution is -2.57. The summed E-state index contributed by atoms with van der Waals surface area (Å²) in [7, 11) is -3.43. The number of hydrogen-bond acceptors (Lipinski definition) is 6. The summed E-state index contributed by atoms with van der Waals surface area (Å²) in [6.07, 6.45) is 2.14. The van der Waals surface area contributed by atoms with Crippen LogP contribution in [0.2, 0.25) is 0 Å². The molecule has 13 heteroatoms. The lowest BCUT2D eigenvalue weighted by Gasteiger charge is -2.37. The first kappa shape index (κ1) is 31.3. The average molecular weight is 621 g/mol. The summed E-state index contributed by atoms with van der Waals surface area (Å²) in [5.74, 6) is -2.44. The largest absolute Gasteiger partial charge is 0.465 e. The second-order valence-electron chi connectivity index (χ2n) is 11.5. The zero-order valence-electron chi connectivity index (χ0n) is 23.8. The highest BCUT2D eigenvalue weighted by Crippen LogP contribution is 2.33. The lowest BCUT2D eigenvalue weighted by molar-refractivity contribution is -0.120. The number of piperazine rings is 1. The van der Waals surface area contributed by atoms with E-state index in [0.717, 1.165) is 19.3 Å². The predicted octanol–water partition coefficient (Wildman–Crippen LogP) is 3.59. The Labute approximate surface area is 250 Å². The molecular formula is C30H38F2N4O6S. The third-order valence-corrected chi connectivity index (χ3v) is 10.6. The Morgan fingerprint density at radius 3 is 2.60 bits per heavy atom. The number of nitrogens with zero attached hydrogens (tertiary/aromatic N) is 1. The summed E-state index contributed by atoms with van der Waals surface area (Å²) in [5, 5.41) is 18.1. The van der Waals surface area contributed by atoms with Crippen LogP contribution in [0.5, 0.6) is 0 Å². The zero-order valence-corrected chi connectivity index (χ0v) is 24.6. The number of hydrogen-bond donors (Lipinski definition) is 4. The molecule has 3 saturated heterocycles. The van der Waals surface area contributed by atoms with E-state index in [9.17, 15) is 27.5 Å². The molecule has 3 aliphatic heterocycles. The summed E-state index contributed by atoms with van der Waals surface area (Å²) in [4.78, 5) is 25.7. The van der Waals surface area contributed by atoms with Crippen LogP contribution >= 0.6 is 0 Å². The van der Waals surface area contributed by atoms with Crippen molar-refractivity contribution in [1.29, 1.82) is 0 Å². The molecule has 3 fully saturated rings. The Morgan fingerprint density at radius 1 is 1.09 bits per heavy atom. The summed E-state index contributed by atoms with van der Waals surface area (Å²) < 4.78 is 62.3. The van der Waals surface area contributed by atoms with Crippen LogP contribution in [-0.2, 0) is 26.0 Å². The number of amides is 2. The standard InChI is InChI=1S/C30H38F2N4O6S/c31-20-11-9-19(10-12-20)27(26-8-1-2-15-42-26)28(35-30(38)39)29(37)34-25-7-3-6-24(32)23(25)14-13-22-17-33-21-5-4-16-43(40,41)36(22)18-21/h3,6-7,9-12,21-22,26-28,33,35H,1-2,4-5,8,13-18H2,(H,34,37)(H,38,39)/t21-,22+,26?,27?,28?/m1/s1. The highest BCUT2D eigenvalue weighted by Gasteiger charge is 2.40. The van der Waals surface area contributed by atoms with Crippen molar-refractivity contribution in [3.63, 3.8) is 0 Å². The minimum Gasteiger partial charge on any atom is -0.465 e. The molecule has 0 aliphatic carbocycles. The van der Waals surface area contributed by atoms with Crippen LogP contribution < -0.4 is 16.0 Å². The van der Waals surface area contributed by atoms with Gasteiger partial charge in [-0.15, -0.1) is 0 Å². The molecule has 6 atom stereocenters. The molecule has 0 radical (unpaired) electrons. The van der Waals surface area contributed by atoms with Gasteiger partial charge in [0, 0.05) is 48.9 Å². The van der Waals surface area contributed by atoms with Crippen LogP contribution in [-0.4, -0.2) is 79.5 Å². The molecule has 0 aromatic heterocycles. The van der Waals surface area contributed by atoms with Crippen molar-refractivity contribution >= 4 is 27.7 Å². The molecule has 0 saturated carbocycles. The van der Waals surface area contributed by atoms with Gasteiger partial charge in [-0.2, -0.15) is 4.31 Å². The number of rotatable bonds is 9. The van der Waals surface area contributed by atoms with E-state index < -0.39 is 51.7 Å². The Bertz CT molecular complexity index is 1400. The topological polar surface area (TPSA) is 137 Å². The summed E-state index contributed by atoms with van der Waals surface area (Å²) >= 11 is 0. The highest BCUT2D eigenvalue weighted by atomic mass is 32.2. The quantitative estimate of drug-likeness (QED) is 0.336. The molecule has 2 aromatic carbocycles. The fraction of sp³-hybridized carbons (Fsp3) is 0.533. The molecular weight excluding hydrogens is 582 g/mol. The van der Waals surface area contributed by atoms with Crippen LogP contribution in [0.1, 0.15) is 55.6 Å². The predicted molar refractivity (Wildman–Crippen MR) is 156 cm³/mol. The minimum atomic E-state index is -3.43. The van der Waals surface area contributed by atoms with Crippen molar-refractivity contribution in [3.05, 3.63) is 65.2 Å². The van der Waals surface area contributed by atoms with Gasteiger partial charge in [-0.3, -0.25) is 4.79 Å². The maximum Gasteiger partial charge on any atom is 0.405 e. The van der Waals surface area contributed by atoms with Gasteiger partial charge in [-0.05, 0) is 74.8 Å². The third-order valence-electron chi connectivity index (χ3n) is 8.66. The van der Waals surface area contributed by atoms with Crippen molar-refractivity contribution < 1.29 is 36.6 Å². The van der Waals surface area contributed by atoms with Crippen LogP contribution in [0, 0.1) is 11.6 Å². The van der Waals surface area contributed by atoms with Crippen molar-refractivity contribution in [1.82, 2.24) is 14.9 Å². The normalized spacial score (nSPS) is 26.5. The summed E-state index contributed by atoms with van der Waals surface area (Å²) in [6, 6.07) is 8.17. The Morgan fingerprint density at radius 2 is 1.88 bits per heavy atom. The number of fused-ring (bicyclic) bond motifs is 2. The van der Waals surface area contributed by atoms with E-state index in [2.05, 4.69) is 16.0 Å². The highest BCUT2D eigenvalue weighted by molar-refractivity contribution is 7.89. The first-order valence-corrected chi connectivity index (χ1v) is 16.4. The fourth-order valence-electron chi connectivity index (χ4n) is 6.50. The second kappa shape index (κ2) is 13.7. The van der Waals surface area contributed by atoms with Gasteiger partial charge >= 0.3 is 6.09 Å². The summed E-state index contributed by atoms with van der Waals surface area (Å²) in [6.45, 7) is 1.27.